The average molecular weight is 493 g/mol. The number of thiazole rings is 1. The van der Waals surface area contributed by atoms with Crippen molar-refractivity contribution < 1.29 is 32.2 Å². The summed E-state index contributed by atoms with van der Waals surface area (Å²) in [6.45, 7) is 1.57. The zero-order chi connectivity index (χ0) is 24.1. The van der Waals surface area contributed by atoms with E-state index in [0.717, 1.165) is 10.5 Å². The quantitative estimate of drug-likeness (QED) is 0.437. The molecule has 0 saturated carbocycles. The molecule has 0 radical (unpaired) electrons. The summed E-state index contributed by atoms with van der Waals surface area (Å²) >= 11 is 1.31. The van der Waals surface area contributed by atoms with Crippen molar-refractivity contribution in [1.29, 1.82) is 0 Å². The third-order valence-corrected chi connectivity index (χ3v) is 5.93. The Labute approximate surface area is 198 Å². The average Bonchev–Trinajstić information content (AvgIpc) is 3.26. The topological polar surface area (TPSA) is 60.9 Å². The maximum atomic E-state index is 13.3. The molecular formula is C24H23F3N2O4S. The van der Waals surface area contributed by atoms with Gasteiger partial charge < -0.3 is 19.1 Å². The predicted molar refractivity (Wildman–Crippen MR) is 121 cm³/mol. The second kappa shape index (κ2) is 10.3. The smallest absolute Gasteiger partial charge is 0.406 e. The zero-order valence-electron chi connectivity index (χ0n) is 18.4. The molecule has 0 atom stereocenters. The Bertz CT molecular complexity index is 1150. The van der Waals surface area contributed by atoms with Crippen LogP contribution in [0.15, 0.2) is 47.8 Å². The second-order valence-electron chi connectivity index (χ2n) is 7.59. The standard InChI is InChI=1S/C24H23F3N2O4S/c1-2-31-19-6-4-3-5-18(19)23-28-17(14-34-23)12-22(30)29(15-24(25,26)27)13-16-7-8-20-21(11-16)33-10-9-32-20/h3-8,11,14H,2,9-10,12-13,15H2,1H3. The van der Waals surface area contributed by atoms with E-state index in [4.69, 9.17) is 14.2 Å². The van der Waals surface area contributed by atoms with Crippen molar-refractivity contribution in [3.63, 3.8) is 0 Å². The number of ether oxygens (including phenoxy) is 3. The molecular weight excluding hydrogens is 469 g/mol. The number of aromatic nitrogens is 1. The molecule has 0 unspecified atom stereocenters. The van der Waals surface area contributed by atoms with E-state index in [2.05, 4.69) is 4.98 Å². The van der Waals surface area contributed by atoms with Gasteiger partial charge in [-0.05, 0) is 36.8 Å². The minimum absolute atomic E-state index is 0.209. The highest BCUT2D eigenvalue weighted by Gasteiger charge is 2.33. The molecule has 4 rings (SSSR count). The lowest BCUT2D eigenvalue weighted by atomic mass is 10.1. The van der Waals surface area contributed by atoms with E-state index in [1.165, 1.54) is 11.3 Å². The van der Waals surface area contributed by atoms with Gasteiger partial charge in [0.05, 0.1) is 24.3 Å². The summed E-state index contributed by atoms with van der Waals surface area (Å²) in [6.07, 6.45) is -4.78. The van der Waals surface area contributed by atoms with E-state index >= 15 is 0 Å². The number of carbonyl (C=O) groups excluding carboxylic acids is 1. The van der Waals surface area contributed by atoms with Gasteiger partial charge in [0.2, 0.25) is 5.91 Å². The van der Waals surface area contributed by atoms with Gasteiger partial charge >= 0.3 is 6.18 Å². The van der Waals surface area contributed by atoms with Gasteiger partial charge in [0.15, 0.2) is 11.5 Å². The molecule has 2 heterocycles. The van der Waals surface area contributed by atoms with E-state index in [1.807, 2.05) is 31.2 Å². The normalized spacial score (nSPS) is 12.9. The fourth-order valence-electron chi connectivity index (χ4n) is 3.56. The molecule has 34 heavy (non-hydrogen) atoms. The van der Waals surface area contributed by atoms with E-state index in [0.29, 0.717) is 53.3 Å². The Morgan fingerprint density at radius 3 is 2.68 bits per heavy atom. The van der Waals surface area contributed by atoms with Crippen LogP contribution in [-0.2, 0) is 17.8 Å². The molecule has 2 aromatic carbocycles. The van der Waals surface area contributed by atoms with Crippen LogP contribution >= 0.6 is 11.3 Å². The Morgan fingerprint density at radius 1 is 1.15 bits per heavy atom. The van der Waals surface area contributed by atoms with Crippen LogP contribution in [0.2, 0.25) is 0 Å². The molecule has 0 fully saturated rings. The van der Waals surface area contributed by atoms with Crippen LogP contribution in [-0.4, -0.2) is 48.3 Å². The molecule has 180 valence electrons. The molecule has 0 bridgehead atoms. The number of halogens is 3. The van der Waals surface area contributed by atoms with Crippen LogP contribution in [0.25, 0.3) is 10.6 Å². The molecule has 0 N–H and O–H groups in total. The monoisotopic (exact) mass is 492 g/mol. The van der Waals surface area contributed by atoms with Crippen molar-refractivity contribution in [2.45, 2.75) is 26.1 Å². The maximum absolute atomic E-state index is 13.3. The minimum Gasteiger partial charge on any atom is -0.493 e. The van der Waals surface area contributed by atoms with E-state index in [9.17, 15) is 18.0 Å². The largest absolute Gasteiger partial charge is 0.493 e. The molecule has 1 aliphatic heterocycles. The van der Waals surface area contributed by atoms with Crippen LogP contribution in [0.4, 0.5) is 13.2 Å². The van der Waals surface area contributed by atoms with Crippen LogP contribution in [0.1, 0.15) is 18.2 Å². The first-order valence-electron chi connectivity index (χ1n) is 10.7. The maximum Gasteiger partial charge on any atom is 0.406 e. The highest BCUT2D eigenvalue weighted by molar-refractivity contribution is 7.13. The number of para-hydroxylation sites is 1. The van der Waals surface area contributed by atoms with E-state index in [-0.39, 0.29) is 13.0 Å². The lowest BCUT2D eigenvalue weighted by Gasteiger charge is -2.25. The zero-order valence-corrected chi connectivity index (χ0v) is 19.2. The summed E-state index contributed by atoms with van der Waals surface area (Å²) in [5, 5.41) is 2.33. The SMILES string of the molecule is CCOc1ccccc1-c1nc(CC(=O)N(Cc2ccc3c(c2)OCCO3)CC(F)(F)F)cs1. The van der Waals surface area contributed by atoms with Crippen molar-refractivity contribution in [3.05, 3.63) is 59.1 Å². The van der Waals surface area contributed by atoms with E-state index in [1.54, 1.807) is 23.6 Å². The summed E-state index contributed by atoms with van der Waals surface area (Å²) < 4.78 is 56.4. The molecule has 6 nitrogen and oxygen atoms in total. The Morgan fingerprint density at radius 2 is 1.91 bits per heavy atom. The van der Waals surface area contributed by atoms with Gasteiger partial charge in [-0.3, -0.25) is 4.79 Å². The highest BCUT2D eigenvalue weighted by Crippen LogP contribution is 2.33. The molecule has 1 amide bonds. The van der Waals surface area contributed by atoms with Crippen molar-refractivity contribution >= 4 is 17.2 Å². The number of hydrogen-bond acceptors (Lipinski definition) is 6. The number of hydrogen-bond donors (Lipinski definition) is 0. The van der Waals surface area contributed by atoms with Gasteiger partial charge in [-0.1, -0.05) is 18.2 Å². The fraction of sp³-hybridized carbons (Fsp3) is 0.333. The molecule has 3 aromatic rings. The third-order valence-electron chi connectivity index (χ3n) is 5.00. The number of carbonyl (C=O) groups is 1. The molecule has 10 heteroatoms. The number of benzene rings is 2. The first-order chi connectivity index (χ1) is 16.3. The van der Waals surface area contributed by atoms with Gasteiger partial charge in [0.25, 0.3) is 0 Å². The van der Waals surface area contributed by atoms with Gasteiger partial charge in [0, 0.05) is 11.9 Å². The number of amides is 1. The summed E-state index contributed by atoms with van der Waals surface area (Å²) in [6, 6.07) is 12.3. The highest BCUT2D eigenvalue weighted by atomic mass is 32.1. The first kappa shape index (κ1) is 23.9. The number of fused-ring (bicyclic) bond motifs is 1. The Kier molecular flexibility index (Phi) is 7.26. The van der Waals surface area contributed by atoms with Crippen LogP contribution < -0.4 is 14.2 Å². The summed E-state index contributed by atoms with van der Waals surface area (Å²) in [4.78, 5) is 18.2. The Balaban J connectivity index is 1.51. The van der Waals surface area contributed by atoms with Gasteiger partial charge in [-0.25, -0.2) is 4.98 Å². The number of nitrogens with zero attached hydrogens (tertiary/aromatic N) is 2. The number of rotatable bonds is 8. The van der Waals surface area contributed by atoms with Gasteiger partial charge in [-0.15, -0.1) is 11.3 Å². The summed E-state index contributed by atoms with van der Waals surface area (Å²) in [5.74, 6) is 0.989. The van der Waals surface area contributed by atoms with Crippen LogP contribution in [0, 0.1) is 0 Å². The lowest BCUT2D eigenvalue weighted by molar-refractivity contribution is -0.162. The predicted octanol–water partition coefficient (Wildman–Crippen LogP) is 5.11. The summed E-state index contributed by atoms with van der Waals surface area (Å²) in [5.41, 5.74) is 1.70. The fourth-order valence-corrected chi connectivity index (χ4v) is 4.41. The van der Waals surface area contributed by atoms with Crippen LogP contribution in [0.3, 0.4) is 0 Å². The van der Waals surface area contributed by atoms with Gasteiger partial charge in [0.1, 0.15) is 30.5 Å². The third kappa shape index (κ3) is 5.99. The lowest BCUT2D eigenvalue weighted by Crippen LogP contribution is -2.39. The number of alkyl halides is 3. The van der Waals surface area contributed by atoms with Crippen LogP contribution in [0.5, 0.6) is 17.2 Å². The molecule has 1 aromatic heterocycles. The second-order valence-corrected chi connectivity index (χ2v) is 8.45. The summed E-state index contributed by atoms with van der Waals surface area (Å²) in [7, 11) is 0. The molecule has 0 aliphatic carbocycles. The molecule has 0 saturated heterocycles. The van der Waals surface area contributed by atoms with Gasteiger partial charge in [-0.2, -0.15) is 13.2 Å². The van der Waals surface area contributed by atoms with Crippen molar-refractivity contribution in [2.75, 3.05) is 26.4 Å². The first-order valence-corrected chi connectivity index (χ1v) is 11.6. The Hall–Kier alpha value is -3.27. The van der Waals surface area contributed by atoms with E-state index < -0.39 is 18.6 Å². The van der Waals surface area contributed by atoms with Crippen molar-refractivity contribution in [2.24, 2.45) is 0 Å². The molecule has 0 spiro atoms. The van der Waals surface area contributed by atoms with Crippen molar-refractivity contribution in [3.8, 4) is 27.8 Å². The molecule has 1 aliphatic rings. The minimum atomic E-state index is -4.53. The van der Waals surface area contributed by atoms with Crippen molar-refractivity contribution in [1.82, 2.24) is 9.88 Å².